The third-order valence-electron chi connectivity index (χ3n) is 4.70. The molecule has 0 aliphatic carbocycles. The largest absolute Gasteiger partial charge is 0.394 e. The van der Waals surface area contributed by atoms with Crippen LogP contribution >= 0.6 is 0 Å². The molecule has 1 rings (SSSR count). The number of aliphatic hydroxyl groups excluding tert-OH is 1. The van der Waals surface area contributed by atoms with Crippen LogP contribution in [0.5, 0.6) is 0 Å². The monoisotopic (exact) mass is 271 g/mol. The average molecular weight is 271 g/mol. The van der Waals surface area contributed by atoms with Crippen molar-refractivity contribution in [3.05, 3.63) is 0 Å². The number of likely N-dealkylation sites (N-methyl/N-ethyl adjacent to an activating group) is 2. The molecular formula is C15H33N3O. The lowest BCUT2D eigenvalue weighted by Gasteiger charge is -2.38. The molecule has 2 N–H and O–H groups in total. The maximum atomic E-state index is 9.64. The van der Waals surface area contributed by atoms with E-state index in [9.17, 15) is 5.11 Å². The zero-order chi connectivity index (χ0) is 14.3. The van der Waals surface area contributed by atoms with E-state index >= 15 is 0 Å². The lowest BCUT2D eigenvalue weighted by molar-refractivity contribution is 0.0953. The molecule has 1 saturated heterocycles. The Labute approximate surface area is 119 Å². The standard InChI is InChI=1S/C15H33N3O/c1-5-15(13-19,16-6-2)8-7-9-18-11-10-17(4)14(3)12-18/h14,16,19H,5-13H2,1-4H3. The number of piperazine rings is 1. The first-order valence-electron chi connectivity index (χ1n) is 7.85. The molecule has 0 bridgehead atoms. The molecular weight excluding hydrogens is 238 g/mol. The lowest BCUT2D eigenvalue weighted by atomic mass is 9.91. The second-order valence-electron chi connectivity index (χ2n) is 6.06. The van der Waals surface area contributed by atoms with Gasteiger partial charge in [-0.2, -0.15) is 0 Å². The van der Waals surface area contributed by atoms with E-state index in [0.29, 0.717) is 6.04 Å². The van der Waals surface area contributed by atoms with Crippen LogP contribution in [0.3, 0.4) is 0 Å². The van der Waals surface area contributed by atoms with Gasteiger partial charge in [0.15, 0.2) is 0 Å². The van der Waals surface area contributed by atoms with Crippen LogP contribution in [-0.4, -0.2) is 72.9 Å². The molecule has 0 saturated carbocycles. The van der Waals surface area contributed by atoms with E-state index in [1.54, 1.807) is 0 Å². The predicted molar refractivity (Wildman–Crippen MR) is 81.6 cm³/mol. The smallest absolute Gasteiger partial charge is 0.0613 e. The van der Waals surface area contributed by atoms with E-state index in [1.165, 1.54) is 19.6 Å². The van der Waals surface area contributed by atoms with Gasteiger partial charge < -0.3 is 20.2 Å². The fraction of sp³-hybridized carbons (Fsp3) is 1.00. The van der Waals surface area contributed by atoms with Crippen LogP contribution in [-0.2, 0) is 0 Å². The average Bonchev–Trinajstić information content (AvgIpc) is 2.42. The molecule has 0 radical (unpaired) electrons. The molecule has 19 heavy (non-hydrogen) atoms. The molecule has 114 valence electrons. The highest BCUT2D eigenvalue weighted by atomic mass is 16.3. The number of nitrogens with zero attached hydrogens (tertiary/aromatic N) is 2. The van der Waals surface area contributed by atoms with Gasteiger partial charge in [0.1, 0.15) is 0 Å². The summed E-state index contributed by atoms with van der Waals surface area (Å²) in [6.07, 6.45) is 3.23. The highest BCUT2D eigenvalue weighted by Gasteiger charge is 2.26. The summed E-state index contributed by atoms with van der Waals surface area (Å²) < 4.78 is 0. The van der Waals surface area contributed by atoms with Crippen molar-refractivity contribution in [3.8, 4) is 0 Å². The van der Waals surface area contributed by atoms with Gasteiger partial charge in [0.25, 0.3) is 0 Å². The zero-order valence-electron chi connectivity index (χ0n) is 13.3. The van der Waals surface area contributed by atoms with Gasteiger partial charge in [-0.25, -0.2) is 0 Å². The van der Waals surface area contributed by atoms with Crippen LogP contribution in [0.15, 0.2) is 0 Å². The first-order valence-corrected chi connectivity index (χ1v) is 7.85. The first kappa shape index (κ1) is 16.9. The van der Waals surface area contributed by atoms with Crippen LogP contribution in [0.25, 0.3) is 0 Å². The lowest BCUT2D eigenvalue weighted by Crippen LogP contribution is -2.51. The summed E-state index contributed by atoms with van der Waals surface area (Å²) in [5, 5.41) is 13.1. The molecule has 1 fully saturated rings. The number of aliphatic hydroxyl groups is 1. The third-order valence-corrected chi connectivity index (χ3v) is 4.70. The topological polar surface area (TPSA) is 38.7 Å². The van der Waals surface area contributed by atoms with E-state index in [0.717, 1.165) is 32.4 Å². The predicted octanol–water partition coefficient (Wildman–Crippen LogP) is 1.15. The summed E-state index contributed by atoms with van der Waals surface area (Å²) in [7, 11) is 2.21. The van der Waals surface area contributed by atoms with E-state index in [4.69, 9.17) is 0 Å². The summed E-state index contributed by atoms with van der Waals surface area (Å²) >= 11 is 0. The zero-order valence-corrected chi connectivity index (χ0v) is 13.3. The minimum Gasteiger partial charge on any atom is -0.394 e. The first-order chi connectivity index (χ1) is 9.06. The van der Waals surface area contributed by atoms with Crippen LogP contribution in [0.1, 0.15) is 40.0 Å². The maximum absolute atomic E-state index is 9.64. The van der Waals surface area contributed by atoms with E-state index in [-0.39, 0.29) is 12.1 Å². The molecule has 4 nitrogen and oxygen atoms in total. The Kier molecular flexibility index (Phi) is 7.29. The summed E-state index contributed by atoms with van der Waals surface area (Å²) in [6.45, 7) is 12.4. The summed E-state index contributed by atoms with van der Waals surface area (Å²) in [5.41, 5.74) is -0.0626. The second kappa shape index (κ2) is 8.20. The normalized spacial score (nSPS) is 25.4. The molecule has 4 heteroatoms. The van der Waals surface area contributed by atoms with Crippen molar-refractivity contribution < 1.29 is 5.11 Å². The van der Waals surface area contributed by atoms with Crippen molar-refractivity contribution in [3.63, 3.8) is 0 Å². The molecule has 0 aromatic heterocycles. The van der Waals surface area contributed by atoms with Crippen LogP contribution in [0.4, 0.5) is 0 Å². The third kappa shape index (κ3) is 5.03. The Morgan fingerprint density at radius 1 is 1.32 bits per heavy atom. The molecule has 0 spiro atoms. The van der Waals surface area contributed by atoms with Gasteiger partial charge in [0.2, 0.25) is 0 Å². The number of rotatable bonds is 8. The maximum Gasteiger partial charge on any atom is 0.0613 e. The Morgan fingerprint density at radius 2 is 2.05 bits per heavy atom. The number of hydrogen-bond donors (Lipinski definition) is 2. The number of nitrogens with one attached hydrogen (secondary N) is 1. The Hall–Kier alpha value is -0.160. The van der Waals surface area contributed by atoms with Crippen molar-refractivity contribution >= 4 is 0 Å². The molecule has 2 atom stereocenters. The van der Waals surface area contributed by atoms with Gasteiger partial charge in [0.05, 0.1) is 6.61 Å². The fourth-order valence-corrected chi connectivity index (χ4v) is 2.98. The van der Waals surface area contributed by atoms with Gasteiger partial charge in [-0.1, -0.05) is 13.8 Å². The minimum absolute atomic E-state index is 0.0626. The van der Waals surface area contributed by atoms with Gasteiger partial charge in [0, 0.05) is 31.2 Å². The Bertz CT molecular complexity index is 244. The minimum atomic E-state index is -0.0626. The highest BCUT2D eigenvalue weighted by Crippen LogP contribution is 2.18. The quantitative estimate of drug-likeness (QED) is 0.695. The summed E-state index contributed by atoms with van der Waals surface area (Å²) in [5.74, 6) is 0. The van der Waals surface area contributed by atoms with Gasteiger partial charge >= 0.3 is 0 Å². The van der Waals surface area contributed by atoms with Gasteiger partial charge in [-0.15, -0.1) is 0 Å². The second-order valence-corrected chi connectivity index (χ2v) is 6.06. The number of hydrogen-bond acceptors (Lipinski definition) is 4. The fourth-order valence-electron chi connectivity index (χ4n) is 2.98. The summed E-state index contributed by atoms with van der Waals surface area (Å²) in [6, 6.07) is 0.663. The van der Waals surface area contributed by atoms with Gasteiger partial charge in [-0.05, 0) is 46.3 Å². The SMILES string of the molecule is CCNC(CC)(CO)CCCN1CCN(C)C(C)C1. The van der Waals surface area contributed by atoms with Crippen LogP contribution in [0, 0.1) is 0 Å². The molecule has 1 aliphatic rings. The Morgan fingerprint density at radius 3 is 2.58 bits per heavy atom. The molecule has 2 unspecified atom stereocenters. The highest BCUT2D eigenvalue weighted by molar-refractivity contribution is 4.86. The van der Waals surface area contributed by atoms with E-state index < -0.39 is 0 Å². The van der Waals surface area contributed by atoms with Crippen molar-refractivity contribution in [1.29, 1.82) is 0 Å². The van der Waals surface area contributed by atoms with Crippen molar-refractivity contribution in [2.24, 2.45) is 0 Å². The van der Waals surface area contributed by atoms with E-state index in [2.05, 4.69) is 42.9 Å². The molecule has 0 aromatic rings. The molecule has 1 aliphatic heterocycles. The van der Waals surface area contributed by atoms with Gasteiger partial charge in [-0.3, -0.25) is 0 Å². The van der Waals surface area contributed by atoms with Crippen molar-refractivity contribution in [2.45, 2.75) is 51.6 Å². The van der Waals surface area contributed by atoms with Crippen LogP contribution < -0.4 is 5.32 Å². The molecule has 0 amide bonds. The molecule has 0 aromatic carbocycles. The summed E-state index contributed by atoms with van der Waals surface area (Å²) in [4.78, 5) is 4.99. The van der Waals surface area contributed by atoms with E-state index in [1.807, 2.05) is 0 Å². The Balaban J connectivity index is 2.32. The molecule has 1 heterocycles. The van der Waals surface area contributed by atoms with Crippen LogP contribution in [0.2, 0.25) is 0 Å². The van der Waals surface area contributed by atoms with Crippen molar-refractivity contribution in [2.75, 3.05) is 46.4 Å². The van der Waals surface area contributed by atoms with Crippen molar-refractivity contribution in [1.82, 2.24) is 15.1 Å².